The molecule has 0 fully saturated rings. The molecule has 5 heteroatoms. The molecule has 0 bridgehead atoms. The van der Waals surface area contributed by atoms with Crippen LogP contribution >= 0.6 is 47.8 Å². The smallest absolute Gasteiger partial charge is 0.252 e. The normalized spacial score (nSPS) is 12.6. The van der Waals surface area contributed by atoms with Crippen LogP contribution in [0.25, 0.3) is 0 Å². The summed E-state index contributed by atoms with van der Waals surface area (Å²) in [4.78, 5) is 12.3. The van der Waals surface area contributed by atoms with Crippen molar-refractivity contribution in [1.82, 2.24) is 5.32 Å². The average molecular weight is 428 g/mol. The lowest BCUT2D eigenvalue weighted by Gasteiger charge is -2.15. The summed E-state index contributed by atoms with van der Waals surface area (Å²) in [7, 11) is 0. The lowest BCUT2D eigenvalue weighted by atomic mass is 10.1. The largest absolute Gasteiger partial charge is 0.351 e. The summed E-state index contributed by atoms with van der Waals surface area (Å²) < 4.78 is 1.69. The van der Waals surface area contributed by atoms with E-state index in [0.29, 0.717) is 18.0 Å². The maximum absolute atomic E-state index is 12.0. The first kappa shape index (κ1) is 15.2. The summed E-state index contributed by atoms with van der Waals surface area (Å²) in [5.41, 5.74) is 0.642. The summed E-state index contributed by atoms with van der Waals surface area (Å²) in [6, 6.07) is 5.55. The Morgan fingerprint density at radius 3 is 2.59 bits per heavy atom. The van der Waals surface area contributed by atoms with Crippen molar-refractivity contribution in [2.45, 2.75) is 18.7 Å². The van der Waals surface area contributed by atoms with Crippen LogP contribution in [0.3, 0.4) is 0 Å². The molecule has 1 rings (SSSR count). The van der Waals surface area contributed by atoms with Crippen molar-refractivity contribution >= 4 is 53.7 Å². The maximum atomic E-state index is 12.0. The maximum Gasteiger partial charge on any atom is 0.252 e. The third-order valence-electron chi connectivity index (χ3n) is 2.35. The highest BCUT2D eigenvalue weighted by Gasteiger charge is 2.14. The Morgan fingerprint density at radius 1 is 1.35 bits per heavy atom. The van der Waals surface area contributed by atoms with Gasteiger partial charge in [0.1, 0.15) is 0 Å². The Labute approximate surface area is 127 Å². The van der Waals surface area contributed by atoms with Gasteiger partial charge in [-0.3, -0.25) is 4.79 Å². The second-order valence-electron chi connectivity index (χ2n) is 4.09. The van der Waals surface area contributed by atoms with Gasteiger partial charge in [-0.15, -0.1) is 0 Å². The molecule has 0 spiro atoms. The van der Waals surface area contributed by atoms with E-state index in [1.807, 2.05) is 12.1 Å². The molecule has 0 aliphatic rings. The minimum Gasteiger partial charge on any atom is -0.351 e. The molecule has 0 aliphatic carbocycles. The highest BCUT2D eigenvalue weighted by molar-refractivity contribution is 9.11. The highest BCUT2D eigenvalue weighted by Crippen LogP contribution is 2.21. The SMILES string of the molecule is CC(C)C(Br)CNC(=O)c1cc(Br)ccc1Br. The van der Waals surface area contributed by atoms with Crippen molar-refractivity contribution < 1.29 is 4.79 Å². The lowest BCUT2D eigenvalue weighted by molar-refractivity contribution is 0.0952. The molecule has 2 nitrogen and oxygen atoms in total. The van der Waals surface area contributed by atoms with Crippen LogP contribution in [-0.2, 0) is 0 Å². The van der Waals surface area contributed by atoms with E-state index in [0.717, 1.165) is 8.95 Å². The Bertz CT molecular complexity index is 407. The van der Waals surface area contributed by atoms with Crippen LogP contribution in [0.1, 0.15) is 24.2 Å². The number of rotatable bonds is 4. The highest BCUT2D eigenvalue weighted by atomic mass is 79.9. The number of hydrogen-bond donors (Lipinski definition) is 1. The van der Waals surface area contributed by atoms with Crippen LogP contribution in [-0.4, -0.2) is 17.3 Å². The fourth-order valence-corrected chi connectivity index (χ4v) is 2.14. The van der Waals surface area contributed by atoms with Crippen molar-refractivity contribution in [2.75, 3.05) is 6.54 Å². The minimum absolute atomic E-state index is 0.0664. The van der Waals surface area contributed by atoms with Gasteiger partial charge >= 0.3 is 0 Å². The molecule has 0 aliphatic heterocycles. The molecule has 1 aromatic rings. The second kappa shape index (κ2) is 6.90. The standard InChI is InChI=1S/C12H14Br3NO/c1-7(2)11(15)6-16-12(17)9-5-8(13)3-4-10(9)14/h3-5,7,11H,6H2,1-2H3,(H,16,17). The van der Waals surface area contributed by atoms with Crippen LogP contribution in [0, 0.1) is 5.92 Å². The Kier molecular flexibility index (Phi) is 6.17. The van der Waals surface area contributed by atoms with Crippen LogP contribution in [0.5, 0.6) is 0 Å². The third kappa shape index (κ3) is 4.72. The average Bonchev–Trinajstić information content (AvgIpc) is 2.28. The molecule has 0 aromatic heterocycles. The molecule has 1 atom stereocenters. The van der Waals surface area contributed by atoms with Gasteiger partial charge in [0.05, 0.1) is 5.56 Å². The molecule has 1 unspecified atom stereocenters. The van der Waals surface area contributed by atoms with Crippen LogP contribution < -0.4 is 5.32 Å². The molecule has 1 amide bonds. The van der Waals surface area contributed by atoms with Crippen LogP contribution in [0.4, 0.5) is 0 Å². The van der Waals surface area contributed by atoms with E-state index in [-0.39, 0.29) is 10.7 Å². The van der Waals surface area contributed by atoms with Gasteiger partial charge in [-0.25, -0.2) is 0 Å². The Balaban J connectivity index is 2.67. The number of nitrogens with one attached hydrogen (secondary N) is 1. The number of carbonyl (C=O) groups excluding carboxylic acids is 1. The van der Waals surface area contributed by atoms with E-state index < -0.39 is 0 Å². The molecule has 0 saturated heterocycles. The van der Waals surface area contributed by atoms with Gasteiger partial charge in [-0.05, 0) is 40.0 Å². The summed E-state index contributed by atoms with van der Waals surface area (Å²) in [6.07, 6.45) is 0. The number of alkyl halides is 1. The molecule has 1 N–H and O–H groups in total. The number of benzene rings is 1. The molecular weight excluding hydrogens is 414 g/mol. The molecule has 0 radical (unpaired) electrons. The van der Waals surface area contributed by atoms with Crippen LogP contribution in [0.15, 0.2) is 27.1 Å². The fourth-order valence-electron chi connectivity index (χ4n) is 1.19. The van der Waals surface area contributed by atoms with E-state index in [9.17, 15) is 4.79 Å². The van der Waals surface area contributed by atoms with Crippen molar-refractivity contribution in [3.8, 4) is 0 Å². The number of carbonyl (C=O) groups is 1. The molecule has 0 heterocycles. The number of hydrogen-bond acceptors (Lipinski definition) is 1. The molecule has 17 heavy (non-hydrogen) atoms. The van der Waals surface area contributed by atoms with Gasteiger partial charge in [-0.1, -0.05) is 45.7 Å². The summed E-state index contributed by atoms with van der Waals surface area (Å²) >= 11 is 10.3. The van der Waals surface area contributed by atoms with Crippen molar-refractivity contribution in [3.05, 3.63) is 32.7 Å². The molecular formula is C12H14Br3NO. The topological polar surface area (TPSA) is 29.1 Å². The van der Waals surface area contributed by atoms with E-state index in [4.69, 9.17) is 0 Å². The lowest BCUT2D eigenvalue weighted by Crippen LogP contribution is -2.31. The molecule has 94 valence electrons. The van der Waals surface area contributed by atoms with Crippen molar-refractivity contribution in [1.29, 1.82) is 0 Å². The molecule has 1 aromatic carbocycles. The second-order valence-corrected chi connectivity index (χ2v) is 7.04. The number of halogens is 3. The molecule has 0 saturated carbocycles. The van der Waals surface area contributed by atoms with Crippen molar-refractivity contribution in [3.63, 3.8) is 0 Å². The Hall–Kier alpha value is 0.130. The van der Waals surface area contributed by atoms with Gasteiger partial charge in [0, 0.05) is 20.3 Å². The fraction of sp³-hybridized carbons (Fsp3) is 0.417. The van der Waals surface area contributed by atoms with Gasteiger partial charge in [0.15, 0.2) is 0 Å². The monoisotopic (exact) mass is 425 g/mol. The van der Waals surface area contributed by atoms with Crippen LogP contribution in [0.2, 0.25) is 0 Å². The summed E-state index contributed by atoms with van der Waals surface area (Å²) in [5, 5.41) is 2.91. The van der Waals surface area contributed by atoms with Crippen molar-refractivity contribution in [2.24, 2.45) is 5.92 Å². The van der Waals surface area contributed by atoms with Gasteiger partial charge in [0.2, 0.25) is 0 Å². The summed E-state index contributed by atoms with van der Waals surface area (Å²) in [6.45, 7) is 4.84. The van der Waals surface area contributed by atoms with E-state index in [1.54, 1.807) is 6.07 Å². The third-order valence-corrected chi connectivity index (χ3v) is 4.92. The first-order valence-electron chi connectivity index (χ1n) is 5.29. The van der Waals surface area contributed by atoms with Gasteiger partial charge in [0.25, 0.3) is 5.91 Å². The van der Waals surface area contributed by atoms with E-state index in [2.05, 4.69) is 67.0 Å². The van der Waals surface area contributed by atoms with Gasteiger partial charge < -0.3 is 5.32 Å². The first-order valence-corrected chi connectivity index (χ1v) is 7.79. The quantitative estimate of drug-likeness (QED) is 0.710. The summed E-state index contributed by atoms with van der Waals surface area (Å²) in [5.74, 6) is 0.421. The van der Waals surface area contributed by atoms with Gasteiger partial charge in [-0.2, -0.15) is 0 Å². The zero-order chi connectivity index (χ0) is 13.0. The Morgan fingerprint density at radius 2 is 2.00 bits per heavy atom. The zero-order valence-corrected chi connectivity index (χ0v) is 14.4. The zero-order valence-electron chi connectivity index (χ0n) is 9.64. The predicted octanol–water partition coefficient (Wildman–Crippen LogP) is 4.36. The minimum atomic E-state index is -0.0664. The predicted molar refractivity (Wildman–Crippen MR) is 81.7 cm³/mol. The van der Waals surface area contributed by atoms with E-state index >= 15 is 0 Å². The number of amides is 1. The van der Waals surface area contributed by atoms with E-state index in [1.165, 1.54) is 0 Å². The first-order chi connectivity index (χ1) is 7.91.